The summed E-state index contributed by atoms with van der Waals surface area (Å²) in [6, 6.07) is 5.59. The van der Waals surface area contributed by atoms with E-state index in [2.05, 4.69) is 22.4 Å². The Morgan fingerprint density at radius 1 is 1.38 bits per heavy atom. The van der Waals surface area contributed by atoms with Crippen LogP contribution in [0.5, 0.6) is 0 Å². The van der Waals surface area contributed by atoms with Gasteiger partial charge in [-0.15, -0.1) is 0 Å². The van der Waals surface area contributed by atoms with Crippen LogP contribution in [0.4, 0.5) is 0 Å². The molecule has 0 spiro atoms. The van der Waals surface area contributed by atoms with E-state index < -0.39 is 0 Å². The van der Waals surface area contributed by atoms with Crippen LogP contribution >= 0.6 is 11.6 Å². The molecule has 21 heavy (non-hydrogen) atoms. The predicted molar refractivity (Wildman–Crippen MR) is 80.7 cm³/mol. The summed E-state index contributed by atoms with van der Waals surface area (Å²) in [5.74, 6) is 1.52. The maximum Gasteiger partial charge on any atom is 0.231 e. The molecule has 0 aliphatic rings. The zero-order chi connectivity index (χ0) is 14.8. The molecule has 3 rings (SSSR count). The summed E-state index contributed by atoms with van der Waals surface area (Å²) in [5.41, 5.74) is 1.78. The monoisotopic (exact) mass is 305 g/mol. The highest BCUT2D eigenvalue weighted by molar-refractivity contribution is 6.31. The van der Waals surface area contributed by atoms with Crippen molar-refractivity contribution in [3.63, 3.8) is 0 Å². The fourth-order valence-corrected chi connectivity index (χ4v) is 2.46. The molecule has 0 amide bonds. The van der Waals surface area contributed by atoms with Crippen molar-refractivity contribution in [3.05, 3.63) is 46.8 Å². The third kappa shape index (κ3) is 2.94. The van der Waals surface area contributed by atoms with E-state index in [1.807, 2.05) is 19.2 Å². The molecule has 110 valence electrons. The zero-order valence-electron chi connectivity index (χ0n) is 11.9. The summed E-state index contributed by atoms with van der Waals surface area (Å²) in [5, 5.41) is 8.81. The minimum atomic E-state index is 0.215. The van der Waals surface area contributed by atoms with E-state index in [9.17, 15) is 0 Å². The Balaban J connectivity index is 1.82. The summed E-state index contributed by atoms with van der Waals surface area (Å²) < 4.78 is 10.8. The SMILES string of the molecule is CNCC(C)c1noc(Cc2coc3cc(Cl)ccc23)n1. The van der Waals surface area contributed by atoms with Gasteiger partial charge < -0.3 is 14.3 Å². The third-order valence-corrected chi connectivity index (χ3v) is 3.63. The number of hydrogen-bond donors (Lipinski definition) is 1. The molecule has 0 aliphatic heterocycles. The van der Waals surface area contributed by atoms with Gasteiger partial charge in [0, 0.05) is 28.4 Å². The first kappa shape index (κ1) is 14.1. The second kappa shape index (κ2) is 5.87. The maximum atomic E-state index is 5.95. The van der Waals surface area contributed by atoms with E-state index in [-0.39, 0.29) is 5.92 Å². The molecule has 0 fully saturated rings. The number of fused-ring (bicyclic) bond motifs is 1. The molecular weight excluding hydrogens is 290 g/mol. The molecule has 6 heteroatoms. The predicted octanol–water partition coefficient (Wildman–Crippen LogP) is 3.38. The molecule has 0 aliphatic carbocycles. The molecule has 2 aromatic heterocycles. The molecule has 2 heterocycles. The lowest BCUT2D eigenvalue weighted by atomic mass is 10.1. The van der Waals surface area contributed by atoms with Gasteiger partial charge in [0.15, 0.2) is 5.82 Å². The average Bonchev–Trinajstić information content (AvgIpc) is 3.07. The Bertz CT molecular complexity index is 750. The van der Waals surface area contributed by atoms with Crippen molar-refractivity contribution in [2.24, 2.45) is 0 Å². The van der Waals surface area contributed by atoms with Gasteiger partial charge in [0.1, 0.15) is 5.58 Å². The maximum absolute atomic E-state index is 5.95. The van der Waals surface area contributed by atoms with E-state index in [0.29, 0.717) is 17.3 Å². The molecular formula is C15H16ClN3O2. The standard InChI is InChI=1S/C15H16ClN3O2/c1-9(7-17-2)15-18-14(21-19-15)5-10-8-20-13-6-11(16)3-4-12(10)13/h3-4,6,8-9,17H,5,7H2,1-2H3. The summed E-state index contributed by atoms with van der Waals surface area (Å²) in [6.45, 7) is 2.87. The number of nitrogens with one attached hydrogen (secondary N) is 1. The van der Waals surface area contributed by atoms with Crippen LogP contribution in [0.25, 0.3) is 11.0 Å². The highest BCUT2D eigenvalue weighted by Crippen LogP contribution is 2.26. The molecule has 0 radical (unpaired) electrons. The molecule has 3 aromatic rings. The largest absolute Gasteiger partial charge is 0.464 e. The van der Waals surface area contributed by atoms with E-state index in [1.54, 1.807) is 12.3 Å². The molecule has 0 saturated heterocycles. The summed E-state index contributed by atoms with van der Waals surface area (Å²) in [4.78, 5) is 4.44. The van der Waals surface area contributed by atoms with Crippen molar-refractivity contribution in [3.8, 4) is 0 Å². The second-order valence-electron chi connectivity index (χ2n) is 5.08. The van der Waals surface area contributed by atoms with Gasteiger partial charge in [0.05, 0.1) is 12.7 Å². The van der Waals surface area contributed by atoms with Crippen molar-refractivity contribution in [2.45, 2.75) is 19.3 Å². The van der Waals surface area contributed by atoms with Crippen LogP contribution < -0.4 is 5.32 Å². The molecule has 0 saturated carbocycles. The first-order valence-electron chi connectivity index (χ1n) is 6.80. The Hall–Kier alpha value is -1.85. The van der Waals surface area contributed by atoms with Gasteiger partial charge >= 0.3 is 0 Å². The lowest BCUT2D eigenvalue weighted by Gasteiger charge is -2.03. The number of rotatable bonds is 5. The summed E-state index contributed by atoms with van der Waals surface area (Å²) in [7, 11) is 1.90. The molecule has 1 unspecified atom stereocenters. The van der Waals surface area contributed by atoms with Crippen molar-refractivity contribution < 1.29 is 8.94 Å². The normalized spacial score (nSPS) is 12.9. The summed E-state index contributed by atoms with van der Waals surface area (Å²) >= 11 is 5.95. The zero-order valence-corrected chi connectivity index (χ0v) is 12.6. The van der Waals surface area contributed by atoms with Gasteiger partial charge in [-0.1, -0.05) is 23.7 Å². The van der Waals surface area contributed by atoms with Crippen molar-refractivity contribution in [1.29, 1.82) is 0 Å². The average molecular weight is 306 g/mol. The number of nitrogens with zero attached hydrogens (tertiary/aromatic N) is 2. The minimum absolute atomic E-state index is 0.215. The van der Waals surface area contributed by atoms with Crippen LogP contribution in [0.3, 0.4) is 0 Å². The van der Waals surface area contributed by atoms with Gasteiger partial charge in [0.2, 0.25) is 5.89 Å². The molecule has 1 atom stereocenters. The van der Waals surface area contributed by atoms with Crippen LogP contribution in [0, 0.1) is 0 Å². The van der Waals surface area contributed by atoms with Gasteiger partial charge in [-0.05, 0) is 25.2 Å². The molecule has 1 N–H and O–H groups in total. The van der Waals surface area contributed by atoms with Crippen LogP contribution in [0.1, 0.15) is 30.1 Å². The van der Waals surface area contributed by atoms with Crippen LogP contribution in [0.15, 0.2) is 33.4 Å². The van der Waals surface area contributed by atoms with Gasteiger partial charge in [0.25, 0.3) is 0 Å². The lowest BCUT2D eigenvalue weighted by Crippen LogP contribution is -2.15. The molecule has 1 aromatic carbocycles. The van der Waals surface area contributed by atoms with Crippen LogP contribution in [0.2, 0.25) is 5.02 Å². The Labute approximate surface area is 127 Å². The number of benzene rings is 1. The van der Waals surface area contributed by atoms with E-state index in [0.717, 1.165) is 28.9 Å². The number of hydrogen-bond acceptors (Lipinski definition) is 5. The first-order chi connectivity index (χ1) is 10.2. The van der Waals surface area contributed by atoms with E-state index >= 15 is 0 Å². The van der Waals surface area contributed by atoms with E-state index in [4.69, 9.17) is 20.5 Å². The smallest absolute Gasteiger partial charge is 0.231 e. The Morgan fingerprint density at radius 2 is 2.24 bits per heavy atom. The van der Waals surface area contributed by atoms with Gasteiger partial charge in [-0.3, -0.25) is 0 Å². The second-order valence-corrected chi connectivity index (χ2v) is 5.52. The Morgan fingerprint density at radius 3 is 3.05 bits per heavy atom. The van der Waals surface area contributed by atoms with Crippen LogP contribution in [-0.4, -0.2) is 23.7 Å². The van der Waals surface area contributed by atoms with Crippen LogP contribution in [-0.2, 0) is 6.42 Å². The highest BCUT2D eigenvalue weighted by Gasteiger charge is 2.15. The first-order valence-corrected chi connectivity index (χ1v) is 7.18. The fourth-order valence-electron chi connectivity index (χ4n) is 2.29. The van der Waals surface area contributed by atoms with Gasteiger partial charge in [-0.25, -0.2) is 0 Å². The topological polar surface area (TPSA) is 64.1 Å². The number of likely N-dealkylation sites (N-methyl/N-ethyl adjacent to an activating group) is 1. The molecule has 0 bridgehead atoms. The minimum Gasteiger partial charge on any atom is -0.464 e. The third-order valence-electron chi connectivity index (χ3n) is 3.39. The number of aromatic nitrogens is 2. The Kier molecular flexibility index (Phi) is 3.94. The van der Waals surface area contributed by atoms with Crippen molar-refractivity contribution in [1.82, 2.24) is 15.5 Å². The van der Waals surface area contributed by atoms with Crippen molar-refractivity contribution >= 4 is 22.6 Å². The number of furan rings is 1. The van der Waals surface area contributed by atoms with Gasteiger partial charge in [-0.2, -0.15) is 4.98 Å². The lowest BCUT2D eigenvalue weighted by molar-refractivity contribution is 0.376. The summed E-state index contributed by atoms with van der Waals surface area (Å²) in [6.07, 6.45) is 2.26. The van der Waals surface area contributed by atoms with E-state index in [1.165, 1.54) is 0 Å². The number of halogens is 1. The quantitative estimate of drug-likeness (QED) is 0.783. The highest BCUT2D eigenvalue weighted by atomic mass is 35.5. The van der Waals surface area contributed by atoms with Crippen molar-refractivity contribution in [2.75, 3.05) is 13.6 Å². The fraction of sp³-hybridized carbons (Fsp3) is 0.333. The molecule has 5 nitrogen and oxygen atoms in total.